The molecule has 1 heterocycles. The van der Waals surface area contributed by atoms with E-state index in [2.05, 4.69) is 0 Å². The molecule has 0 N–H and O–H groups in total. The first kappa shape index (κ1) is 16.3. The van der Waals surface area contributed by atoms with Gasteiger partial charge in [-0.05, 0) is 44.4 Å². The van der Waals surface area contributed by atoms with E-state index in [9.17, 15) is 9.59 Å². The molecule has 0 spiro atoms. The van der Waals surface area contributed by atoms with Crippen molar-refractivity contribution < 1.29 is 9.59 Å². The Kier molecular flexibility index (Phi) is 4.62. The molecule has 1 aliphatic carbocycles. The standard InChI is InChI=1S/C18H23ClN2O2/c1-12-7-8-15(11-16(12)19)21-10-9-20(13(2)17(21)22)18(23)14-5-3-4-6-14/h7-8,11,13-14H,3-6,9-10H2,1-2H3. The van der Waals surface area contributed by atoms with Gasteiger partial charge < -0.3 is 9.80 Å². The van der Waals surface area contributed by atoms with Crippen LogP contribution in [0.1, 0.15) is 38.2 Å². The molecule has 1 aromatic carbocycles. The van der Waals surface area contributed by atoms with Gasteiger partial charge in [-0.2, -0.15) is 0 Å². The van der Waals surface area contributed by atoms with Crippen LogP contribution in [-0.4, -0.2) is 35.8 Å². The number of halogens is 1. The summed E-state index contributed by atoms with van der Waals surface area (Å²) in [7, 11) is 0. The van der Waals surface area contributed by atoms with Crippen molar-refractivity contribution in [2.75, 3.05) is 18.0 Å². The molecular formula is C18H23ClN2O2. The van der Waals surface area contributed by atoms with E-state index in [-0.39, 0.29) is 17.7 Å². The van der Waals surface area contributed by atoms with Crippen LogP contribution in [0.2, 0.25) is 5.02 Å². The fraction of sp³-hybridized carbons (Fsp3) is 0.556. The number of piperazine rings is 1. The molecule has 4 nitrogen and oxygen atoms in total. The second kappa shape index (κ2) is 6.52. The van der Waals surface area contributed by atoms with E-state index in [1.54, 1.807) is 9.80 Å². The van der Waals surface area contributed by atoms with Gasteiger partial charge in [0, 0.05) is 29.7 Å². The van der Waals surface area contributed by atoms with Crippen LogP contribution in [0.5, 0.6) is 0 Å². The zero-order chi connectivity index (χ0) is 16.6. The zero-order valence-corrected chi connectivity index (χ0v) is 14.5. The van der Waals surface area contributed by atoms with Crippen LogP contribution >= 0.6 is 11.6 Å². The molecule has 2 fully saturated rings. The molecule has 0 aromatic heterocycles. The Morgan fingerprint density at radius 3 is 2.57 bits per heavy atom. The van der Waals surface area contributed by atoms with Crippen molar-refractivity contribution in [2.45, 2.75) is 45.6 Å². The van der Waals surface area contributed by atoms with Gasteiger partial charge in [-0.1, -0.05) is 30.5 Å². The number of benzene rings is 1. The number of carbonyl (C=O) groups excluding carboxylic acids is 2. The molecule has 3 rings (SSSR count). The van der Waals surface area contributed by atoms with E-state index in [4.69, 9.17) is 11.6 Å². The van der Waals surface area contributed by atoms with Gasteiger partial charge in [0.05, 0.1) is 0 Å². The molecule has 0 radical (unpaired) electrons. The van der Waals surface area contributed by atoms with Crippen molar-refractivity contribution in [3.8, 4) is 0 Å². The summed E-state index contributed by atoms with van der Waals surface area (Å²) in [5.41, 5.74) is 1.80. The van der Waals surface area contributed by atoms with Gasteiger partial charge >= 0.3 is 0 Å². The van der Waals surface area contributed by atoms with Crippen molar-refractivity contribution in [1.29, 1.82) is 0 Å². The summed E-state index contributed by atoms with van der Waals surface area (Å²) in [4.78, 5) is 28.9. The minimum absolute atomic E-state index is 0.0254. The Bertz CT molecular complexity index is 625. The zero-order valence-electron chi connectivity index (χ0n) is 13.7. The molecule has 2 amide bonds. The summed E-state index contributed by atoms with van der Waals surface area (Å²) < 4.78 is 0. The van der Waals surface area contributed by atoms with E-state index >= 15 is 0 Å². The number of aryl methyl sites for hydroxylation is 1. The lowest BCUT2D eigenvalue weighted by Crippen LogP contribution is -2.58. The number of rotatable bonds is 2. The molecule has 1 aromatic rings. The average molecular weight is 335 g/mol. The van der Waals surface area contributed by atoms with E-state index in [1.807, 2.05) is 32.0 Å². The van der Waals surface area contributed by atoms with Gasteiger partial charge in [-0.25, -0.2) is 0 Å². The highest BCUT2D eigenvalue weighted by atomic mass is 35.5. The third kappa shape index (κ3) is 3.09. The van der Waals surface area contributed by atoms with Crippen LogP contribution in [0.4, 0.5) is 5.69 Å². The van der Waals surface area contributed by atoms with Crippen LogP contribution in [0.3, 0.4) is 0 Å². The number of amides is 2. The molecule has 1 aliphatic heterocycles. The molecular weight excluding hydrogens is 312 g/mol. The monoisotopic (exact) mass is 334 g/mol. The lowest BCUT2D eigenvalue weighted by Gasteiger charge is -2.40. The van der Waals surface area contributed by atoms with Crippen molar-refractivity contribution in [3.05, 3.63) is 28.8 Å². The molecule has 23 heavy (non-hydrogen) atoms. The summed E-state index contributed by atoms with van der Waals surface area (Å²) in [6, 6.07) is 5.26. The number of nitrogens with zero attached hydrogens (tertiary/aromatic N) is 2. The van der Waals surface area contributed by atoms with E-state index in [0.29, 0.717) is 18.1 Å². The molecule has 1 unspecified atom stereocenters. The summed E-state index contributed by atoms with van der Waals surface area (Å²) in [5.74, 6) is 0.248. The van der Waals surface area contributed by atoms with Crippen molar-refractivity contribution in [1.82, 2.24) is 4.90 Å². The highest BCUT2D eigenvalue weighted by Gasteiger charge is 2.38. The molecule has 0 bridgehead atoms. The van der Waals surface area contributed by atoms with Gasteiger partial charge in [0.1, 0.15) is 6.04 Å². The Labute approximate surface area is 142 Å². The number of carbonyl (C=O) groups is 2. The fourth-order valence-corrected chi connectivity index (χ4v) is 3.76. The second-order valence-corrected chi connectivity index (χ2v) is 7.02. The number of hydrogen-bond donors (Lipinski definition) is 0. The maximum atomic E-state index is 12.7. The summed E-state index contributed by atoms with van der Waals surface area (Å²) in [6.45, 7) is 4.89. The predicted octanol–water partition coefficient (Wildman–Crippen LogP) is 3.40. The normalized spacial score (nSPS) is 22.7. The van der Waals surface area contributed by atoms with Gasteiger partial charge in [-0.3, -0.25) is 9.59 Å². The molecule has 1 saturated heterocycles. The van der Waals surface area contributed by atoms with Crippen molar-refractivity contribution in [2.24, 2.45) is 5.92 Å². The first-order valence-electron chi connectivity index (χ1n) is 8.37. The molecule has 124 valence electrons. The predicted molar refractivity (Wildman–Crippen MR) is 91.7 cm³/mol. The minimum atomic E-state index is -0.406. The molecule has 1 atom stereocenters. The Balaban J connectivity index is 1.75. The maximum absolute atomic E-state index is 12.7. The summed E-state index contributed by atoms with van der Waals surface area (Å²) >= 11 is 6.18. The van der Waals surface area contributed by atoms with Crippen LogP contribution in [0.15, 0.2) is 18.2 Å². The van der Waals surface area contributed by atoms with Gasteiger partial charge in [-0.15, -0.1) is 0 Å². The van der Waals surface area contributed by atoms with E-state index < -0.39 is 6.04 Å². The lowest BCUT2D eigenvalue weighted by molar-refractivity contribution is -0.143. The molecule has 2 aliphatic rings. The van der Waals surface area contributed by atoms with Gasteiger partial charge in [0.25, 0.3) is 0 Å². The lowest BCUT2D eigenvalue weighted by atomic mass is 10.0. The Morgan fingerprint density at radius 1 is 1.22 bits per heavy atom. The van der Waals surface area contributed by atoms with Crippen LogP contribution in [0, 0.1) is 12.8 Å². The Morgan fingerprint density at radius 2 is 1.91 bits per heavy atom. The number of anilines is 1. The Hall–Kier alpha value is -1.55. The van der Waals surface area contributed by atoms with E-state index in [1.165, 1.54) is 0 Å². The average Bonchev–Trinajstić information content (AvgIpc) is 3.06. The number of hydrogen-bond acceptors (Lipinski definition) is 2. The van der Waals surface area contributed by atoms with Crippen molar-refractivity contribution in [3.63, 3.8) is 0 Å². The fourth-order valence-electron chi connectivity index (χ4n) is 3.58. The van der Waals surface area contributed by atoms with Crippen LogP contribution in [-0.2, 0) is 9.59 Å². The third-order valence-corrected chi connectivity index (χ3v) is 5.52. The molecule has 5 heteroatoms. The van der Waals surface area contributed by atoms with Crippen LogP contribution < -0.4 is 4.90 Å². The first-order valence-corrected chi connectivity index (χ1v) is 8.75. The van der Waals surface area contributed by atoms with Crippen molar-refractivity contribution >= 4 is 29.1 Å². The van der Waals surface area contributed by atoms with E-state index in [0.717, 1.165) is 36.9 Å². The SMILES string of the molecule is Cc1ccc(N2CCN(C(=O)C3CCCC3)C(C)C2=O)cc1Cl. The van der Waals surface area contributed by atoms with Gasteiger partial charge in [0.15, 0.2) is 0 Å². The second-order valence-electron chi connectivity index (χ2n) is 6.61. The maximum Gasteiger partial charge on any atom is 0.249 e. The third-order valence-electron chi connectivity index (χ3n) is 5.11. The van der Waals surface area contributed by atoms with Crippen LogP contribution in [0.25, 0.3) is 0 Å². The first-order chi connectivity index (χ1) is 11.0. The quantitative estimate of drug-likeness (QED) is 0.831. The molecule has 1 saturated carbocycles. The summed E-state index contributed by atoms with van der Waals surface area (Å²) in [5, 5.41) is 0.660. The highest BCUT2D eigenvalue weighted by Crippen LogP contribution is 2.30. The smallest absolute Gasteiger partial charge is 0.249 e. The minimum Gasteiger partial charge on any atom is -0.329 e. The largest absolute Gasteiger partial charge is 0.329 e. The summed E-state index contributed by atoms with van der Waals surface area (Å²) in [6.07, 6.45) is 4.18. The highest BCUT2D eigenvalue weighted by molar-refractivity contribution is 6.31. The topological polar surface area (TPSA) is 40.6 Å². The van der Waals surface area contributed by atoms with Gasteiger partial charge in [0.2, 0.25) is 11.8 Å².